The summed E-state index contributed by atoms with van der Waals surface area (Å²) in [6.45, 7) is 1.96. The summed E-state index contributed by atoms with van der Waals surface area (Å²) in [6.07, 6.45) is 1.56. The third-order valence-electron chi connectivity index (χ3n) is 3.63. The van der Waals surface area contributed by atoms with Crippen molar-refractivity contribution >= 4 is 22.8 Å². The number of hydrogen-bond donors (Lipinski definition) is 4. The topological polar surface area (TPSA) is 112 Å². The molecule has 4 N–H and O–H groups in total. The van der Waals surface area contributed by atoms with Crippen molar-refractivity contribution in [2.24, 2.45) is 0 Å². The van der Waals surface area contributed by atoms with Crippen LogP contribution in [-0.4, -0.2) is 39.5 Å². The molecule has 1 atom stereocenters. The number of nitrogens with one attached hydrogen (secondary N) is 3. The minimum absolute atomic E-state index is 0.0960. The number of hydrogen-bond acceptors (Lipinski definition) is 5. The molecule has 1 aromatic carbocycles. The first-order chi connectivity index (χ1) is 12.2. The number of rotatable bonds is 6. The van der Waals surface area contributed by atoms with Crippen molar-refractivity contribution < 1.29 is 14.6 Å². The highest BCUT2D eigenvalue weighted by atomic mass is 16.5. The summed E-state index contributed by atoms with van der Waals surface area (Å²) in [7, 11) is 0. The van der Waals surface area contributed by atoms with E-state index in [0.29, 0.717) is 22.6 Å². The maximum absolute atomic E-state index is 12.1. The number of benzene rings is 1. The summed E-state index contributed by atoms with van der Waals surface area (Å²) in [5, 5.41) is 21.9. The minimum Gasteiger partial charge on any atom is -0.474 e. The molecule has 0 bridgehead atoms. The SMILES string of the molecule is C[C@@H](NC(=O)Nc1cc2[nH]nc(OCCO)c2cn1)c1ccccc1. The normalized spacial score (nSPS) is 11.9. The highest BCUT2D eigenvalue weighted by molar-refractivity contribution is 5.92. The molecule has 8 heteroatoms. The van der Waals surface area contributed by atoms with Gasteiger partial charge in [0.25, 0.3) is 0 Å². The van der Waals surface area contributed by atoms with Gasteiger partial charge in [-0.2, -0.15) is 0 Å². The molecule has 0 aliphatic carbocycles. The largest absolute Gasteiger partial charge is 0.474 e. The lowest BCUT2D eigenvalue weighted by Crippen LogP contribution is -2.31. The van der Waals surface area contributed by atoms with Gasteiger partial charge in [0.2, 0.25) is 5.88 Å². The zero-order valence-corrected chi connectivity index (χ0v) is 13.7. The monoisotopic (exact) mass is 341 g/mol. The van der Waals surface area contributed by atoms with E-state index in [1.807, 2.05) is 37.3 Å². The Bertz CT molecular complexity index is 850. The van der Waals surface area contributed by atoms with Crippen LogP contribution in [0.3, 0.4) is 0 Å². The number of fused-ring (bicyclic) bond motifs is 1. The van der Waals surface area contributed by atoms with Crippen molar-refractivity contribution in [2.75, 3.05) is 18.5 Å². The minimum atomic E-state index is -0.348. The number of aliphatic hydroxyl groups excluding tert-OH is 1. The highest BCUT2D eigenvalue weighted by Gasteiger charge is 2.12. The lowest BCUT2D eigenvalue weighted by molar-refractivity contribution is 0.198. The fraction of sp³-hybridized carbons (Fsp3) is 0.235. The van der Waals surface area contributed by atoms with Gasteiger partial charge in [-0.25, -0.2) is 9.78 Å². The lowest BCUT2D eigenvalue weighted by Gasteiger charge is -2.14. The number of aromatic amines is 1. The lowest BCUT2D eigenvalue weighted by atomic mass is 10.1. The van der Waals surface area contributed by atoms with E-state index < -0.39 is 0 Å². The second-order valence-electron chi connectivity index (χ2n) is 5.45. The number of carbonyl (C=O) groups is 1. The van der Waals surface area contributed by atoms with Gasteiger partial charge in [-0.1, -0.05) is 30.3 Å². The van der Waals surface area contributed by atoms with E-state index in [2.05, 4.69) is 25.8 Å². The zero-order chi connectivity index (χ0) is 17.6. The number of aromatic nitrogens is 3. The summed E-state index contributed by atoms with van der Waals surface area (Å²) in [5.41, 5.74) is 1.69. The maximum Gasteiger partial charge on any atom is 0.320 e. The van der Waals surface area contributed by atoms with Crippen molar-refractivity contribution in [3.63, 3.8) is 0 Å². The summed E-state index contributed by atoms with van der Waals surface area (Å²) in [4.78, 5) is 16.3. The van der Waals surface area contributed by atoms with Crippen molar-refractivity contribution in [3.8, 4) is 5.88 Å². The fourth-order valence-electron chi connectivity index (χ4n) is 2.38. The van der Waals surface area contributed by atoms with Crippen LogP contribution in [0.5, 0.6) is 5.88 Å². The van der Waals surface area contributed by atoms with Gasteiger partial charge in [0.15, 0.2) is 0 Å². The van der Waals surface area contributed by atoms with Crippen LogP contribution in [0, 0.1) is 0 Å². The zero-order valence-electron chi connectivity index (χ0n) is 13.7. The van der Waals surface area contributed by atoms with Gasteiger partial charge in [-0.3, -0.25) is 10.4 Å². The number of nitrogens with zero attached hydrogens (tertiary/aromatic N) is 2. The van der Waals surface area contributed by atoms with E-state index in [9.17, 15) is 4.79 Å². The van der Waals surface area contributed by atoms with Crippen LogP contribution in [0.2, 0.25) is 0 Å². The first kappa shape index (κ1) is 16.7. The fourth-order valence-corrected chi connectivity index (χ4v) is 2.38. The van der Waals surface area contributed by atoms with E-state index in [0.717, 1.165) is 5.56 Å². The Morgan fingerprint density at radius 1 is 1.36 bits per heavy atom. The Balaban J connectivity index is 1.65. The van der Waals surface area contributed by atoms with E-state index >= 15 is 0 Å². The van der Waals surface area contributed by atoms with E-state index in [1.165, 1.54) is 0 Å². The molecule has 3 aromatic rings. The van der Waals surface area contributed by atoms with Gasteiger partial charge in [0.05, 0.1) is 23.6 Å². The number of amides is 2. The number of urea groups is 1. The van der Waals surface area contributed by atoms with Crippen molar-refractivity contribution in [1.82, 2.24) is 20.5 Å². The van der Waals surface area contributed by atoms with Crippen molar-refractivity contribution in [1.29, 1.82) is 0 Å². The van der Waals surface area contributed by atoms with E-state index in [-0.39, 0.29) is 25.3 Å². The van der Waals surface area contributed by atoms with Crippen LogP contribution < -0.4 is 15.4 Å². The van der Waals surface area contributed by atoms with Crippen LogP contribution in [-0.2, 0) is 0 Å². The summed E-state index contributed by atoms with van der Waals surface area (Å²) < 4.78 is 5.30. The number of carbonyl (C=O) groups excluding carboxylic acids is 1. The predicted octanol–water partition coefficient (Wildman–Crippen LogP) is 2.21. The smallest absolute Gasteiger partial charge is 0.320 e. The Morgan fingerprint density at radius 2 is 2.16 bits per heavy atom. The van der Waals surface area contributed by atoms with Gasteiger partial charge >= 0.3 is 6.03 Å². The van der Waals surface area contributed by atoms with Crippen molar-refractivity contribution in [2.45, 2.75) is 13.0 Å². The first-order valence-electron chi connectivity index (χ1n) is 7.87. The van der Waals surface area contributed by atoms with Gasteiger partial charge in [0.1, 0.15) is 12.4 Å². The molecule has 0 aliphatic heterocycles. The number of anilines is 1. The van der Waals surface area contributed by atoms with Crippen LogP contribution >= 0.6 is 0 Å². The number of ether oxygens (including phenoxy) is 1. The third-order valence-corrected chi connectivity index (χ3v) is 3.63. The first-order valence-corrected chi connectivity index (χ1v) is 7.87. The van der Waals surface area contributed by atoms with Crippen LogP contribution in [0.1, 0.15) is 18.5 Å². The molecule has 0 fully saturated rings. The molecular formula is C17H19N5O3. The van der Waals surface area contributed by atoms with Crippen LogP contribution in [0.15, 0.2) is 42.6 Å². The number of pyridine rings is 1. The molecule has 0 saturated heterocycles. The molecule has 8 nitrogen and oxygen atoms in total. The molecule has 130 valence electrons. The maximum atomic E-state index is 12.1. The molecule has 0 saturated carbocycles. The van der Waals surface area contributed by atoms with Crippen LogP contribution in [0.4, 0.5) is 10.6 Å². The summed E-state index contributed by atoms with van der Waals surface area (Å²) in [6, 6.07) is 10.9. The Kier molecular flexibility index (Phi) is 5.10. The highest BCUT2D eigenvalue weighted by Crippen LogP contribution is 2.23. The molecule has 0 radical (unpaired) electrons. The van der Waals surface area contributed by atoms with Gasteiger partial charge in [0, 0.05) is 12.3 Å². The molecule has 25 heavy (non-hydrogen) atoms. The average Bonchev–Trinajstić information content (AvgIpc) is 3.02. The molecule has 2 amide bonds. The Hall–Kier alpha value is -3.13. The van der Waals surface area contributed by atoms with Gasteiger partial charge in [-0.05, 0) is 12.5 Å². The quantitative estimate of drug-likeness (QED) is 0.549. The molecule has 0 aliphatic rings. The van der Waals surface area contributed by atoms with Gasteiger partial charge in [-0.15, -0.1) is 5.10 Å². The number of H-pyrrole nitrogens is 1. The molecule has 0 unspecified atom stereocenters. The van der Waals surface area contributed by atoms with E-state index in [4.69, 9.17) is 9.84 Å². The molecule has 2 aromatic heterocycles. The Labute approximate surface area is 144 Å². The molecule has 0 spiro atoms. The molecule has 3 rings (SSSR count). The molecule has 2 heterocycles. The van der Waals surface area contributed by atoms with E-state index in [1.54, 1.807) is 12.3 Å². The third kappa shape index (κ3) is 4.04. The second kappa shape index (κ2) is 7.63. The predicted molar refractivity (Wildman–Crippen MR) is 93.5 cm³/mol. The average molecular weight is 341 g/mol. The van der Waals surface area contributed by atoms with Gasteiger partial charge < -0.3 is 15.2 Å². The Morgan fingerprint density at radius 3 is 2.92 bits per heavy atom. The second-order valence-corrected chi connectivity index (χ2v) is 5.45. The molecular weight excluding hydrogens is 322 g/mol. The summed E-state index contributed by atoms with van der Waals surface area (Å²) in [5.74, 6) is 0.757. The summed E-state index contributed by atoms with van der Waals surface area (Å²) >= 11 is 0. The van der Waals surface area contributed by atoms with Crippen molar-refractivity contribution in [3.05, 3.63) is 48.2 Å². The number of aliphatic hydroxyl groups is 1. The standard InChI is InChI=1S/C17H19N5O3/c1-11(12-5-3-2-4-6-12)19-17(24)20-15-9-14-13(10-18-15)16(22-21-14)25-8-7-23/h2-6,9-11,23H,7-8H2,1H3,(H,21,22)(H2,18,19,20,24)/t11-/m1/s1. The van der Waals surface area contributed by atoms with Crippen LogP contribution in [0.25, 0.3) is 10.9 Å².